The number of amides is 1. The van der Waals surface area contributed by atoms with Gasteiger partial charge in [0.2, 0.25) is 5.91 Å². The minimum atomic E-state index is -0.495. The summed E-state index contributed by atoms with van der Waals surface area (Å²) in [6.45, 7) is 1.78. The molecular formula is C17H15Cl2NO3S. The number of hydrogen-bond acceptors (Lipinski definition) is 4. The second-order valence-corrected chi connectivity index (χ2v) is 7.15. The molecule has 2 aromatic carbocycles. The first kappa shape index (κ1) is 18.6. The summed E-state index contributed by atoms with van der Waals surface area (Å²) in [7, 11) is 1.29. The van der Waals surface area contributed by atoms with Gasteiger partial charge in [0.25, 0.3) is 0 Å². The average molecular weight is 384 g/mol. The number of carbonyl (C=O) groups is 2. The molecule has 24 heavy (non-hydrogen) atoms. The monoisotopic (exact) mass is 383 g/mol. The van der Waals surface area contributed by atoms with Gasteiger partial charge in [-0.3, -0.25) is 4.79 Å². The Morgan fingerprint density at radius 3 is 2.42 bits per heavy atom. The second kappa shape index (κ2) is 8.42. The number of methoxy groups -OCH3 is 1. The van der Waals surface area contributed by atoms with Crippen molar-refractivity contribution in [2.45, 2.75) is 17.1 Å². The van der Waals surface area contributed by atoms with Gasteiger partial charge in [0, 0.05) is 9.92 Å². The normalized spacial score (nSPS) is 11.7. The van der Waals surface area contributed by atoms with Crippen LogP contribution in [0.4, 0.5) is 5.69 Å². The highest BCUT2D eigenvalue weighted by molar-refractivity contribution is 8.00. The van der Waals surface area contributed by atoms with Crippen LogP contribution in [-0.2, 0) is 9.53 Å². The number of benzene rings is 2. The first-order valence-electron chi connectivity index (χ1n) is 7.01. The number of rotatable bonds is 5. The van der Waals surface area contributed by atoms with Gasteiger partial charge < -0.3 is 10.1 Å². The Hall–Kier alpha value is -1.69. The highest BCUT2D eigenvalue weighted by Crippen LogP contribution is 2.28. The Balaban J connectivity index is 2.08. The summed E-state index contributed by atoms with van der Waals surface area (Å²) in [6.07, 6.45) is 0. The molecule has 0 fully saturated rings. The molecule has 1 atom stereocenters. The van der Waals surface area contributed by atoms with Crippen molar-refractivity contribution < 1.29 is 14.3 Å². The SMILES string of the molecule is COC(=O)c1ccc(Cl)c(NC(=O)[C@@H](C)Sc2ccc(Cl)cc2)c1. The second-order valence-electron chi connectivity index (χ2n) is 4.89. The van der Waals surface area contributed by atoms with Gasteiger partial charge in [0.15, 0.2) is 0 Å². The van der Waals surface area contributed by atoms with Crippen LogP contribution in [0.2, 0.25) is 10.0 Å². The summed E-state index contributed by atoms with van der Waals surface area (Å²) < 4.78 is 4.66. The van der Waals surface area contributed by atoms with Crippen LogP contribution in [0, 0.1) is 0 Å². The van der Waals surface area contributed by atoms with E-state index in [1.165, 1.54) is 31.0 Å². The molecule has 4 nitrogen and oxygen atoms in total. The molecule has 7 heteroatoms. The van der Waals surface area contributed by atoms with Crippen molar-refractivity contribution in [2.75, 3.05) is 12.4 Å². The number of thioether (sulfide) groups is 1. The number of hydrogen-bond donors (Lipinski definition) is 1. The van der Waals surface area contributed by atoms with E-state index in [1.807, 2.05) is 12.1 Å². The van der Waals surface area contributed by atoms with Crippen LogP contribution in [-0.4, -0.2) is 24.2 Å². The van der Waals surface area contributed by atoms with Crippen LogP contribution in [0.1, 0.15) is 17.3 Å². The fraction of sp³-hybridized carbons (Fsp3) is 0.176. The lowest BCUT2D eigenvalue weighted by Crippen LogP contribution is -2.22. The van der Waals surface area contributed by atoms with E-state index in [2.05, 4.69) is 10.1 Å². The van der Waals surface area contributed by atoms with E-state index in [0.717, 1.165) is 4.90 Å². The molecule has 2 aromatic rings. The molecule has 0 aliphatic heterocycles. The first-order chi connectivity index (χ1) is 11.4. The standard InChI is InChI=1S/C17H15Cl2NO3S/c1-10(24-13-6-4-12(18)5-7-13)16(21)20-15-9-11(17(22)23-2)3-8-14(15)19/h3-10H,1-2H3,(H,20,21)/t10-/m1/s1. The number of nitrogens with one attached hydrogen (secondary N) is 1. The van der Waals surface area contributed by atoms with Crippen molar-refractivity contribution in [3.8, 4) is 0 Å². The molecule has 0 bridgehead atoms. The van der Waals surface area contributed by atoms with E-state index in [0.29, 0.717) is 21.3 Å². The Morgan fingerprint density at radius 2 is 1.79 bits per heavy atom. The van der Waals surface area contributed by atoms with Gasteiger partial charge in [-0.1, -0.05) is 23.2 Å². The molecule has 0 saturated carbocycles. The smallest absolute Gasteiger partial charge is 0.337 e. The van der Waals surface area contributed by atoms with E-state index in [-0.39, 0.29) is 11.2 Å². The maximum atomic E-state index is 12.4. The number of anilines is 1. The van der Waals surface area contributed by atoms with Crippen molar-refractivity contribution in [3.63, 3.8) is 0 Å². The zero-order chi connectivity index (χ0) is 17.7. The van der Waals surface area contributed by atoms with Gasteiger partial charge >= 0.3 is 5.97 Å². The molecule has 0 saturated heterocycles. The van der Waals surface area contributed by atoms with Crippen LogP contribution in [0.15, 0.2) is 47.4 Å². The zero-order valence-corrected chi connectivity index (χ0v) is 15.3. The number of halogens is 2. The molecule has 0 aliphatic rings. The van der Waals surface area contributed by atoms with Crippen LogP contribution in [0.5, 0.6) is 0 Å². The summed E-state index contributed by atoms with van der Waals surface area (Å²) in [6, 6.07) is 11.8. The maximum absolute atomic E-state index is 12.4. The quantitative estimate of drug-likeness (QED) is 0.589. The fourth-order valence-electron chi connectivity index (χ4n) is 1.87. The van der Waals surface area contributed by atoms with E-state index >= 15 is 0 Å². The molecule has 126 valence electrons. The predicted octanol–water partition coefficient (Wildman–Crippen LogP) is 4.90. The lowest BCUT2D eigenvalue weighted by atomic mass is 10.2. The summed E-state index contributed by atoms with van der Waals surface area (Å²) in [4.78, 5) is 24.9. The van der Waals surface area contributed by atoms with E-state index in [1.54, 1.807) is 25.1 Å². The summed E-state index contributed by atoms with van der Waals surface area (Å²) in [5.74, 6) is -0.718. The zero-order valence-electron chi connectivity index (χ0n) is 13.0. The van der Waals surface area contributed by atoms with Crippen LogP contribution >= 0.6 is 35.0 Å². The van der Waals surface area contributed by atoms with E-state index in [4.69, 9.17) is 23.2 Å². The van der Waals surface area contributed by atoms with Gasteiger partial charge in [-0.25, -0.2) is 4.79 Å². The number of carbonyl (C=O) groups excluding carboxylic acids is 2. The van der Waals surface area contributed by atoms with Gasteiger partial charge in [-0.15, -0.1) is 11.8 Å². The van der Waals surface area contributed by atoms with Crippen molar-refractivity contribution in [2.24, 2.45) is 0 Å². The molecule has 2 rings (SSSR count). The third-order valence-corrected chi connectivity index (χ3v) is 4.83. The predicted molar refractivity (Wildman–Crippen MR) is 98.2 cm³/mol. The minimum absolute atomic E-state index is 0.223. The molecule has 0 spiro atoms. The number of ether oxygens (including phenoxy) is 1. The van der Waals surface area contributed by atoms with Crippen LogP contribution in [0.3, 0.4) is 0 Å². The van der Waals surface area contributed by atoms with E-state index < -0.39 is 5.97 Å². The van der Waals surface area contributed by atoms with Crippen molar-refractivity contribution in [1.82, 2.24) is 0 Å². The highest BCUT2D eigenvalue weighted by atomic mass is 35.5. The largest absolute Gasteiger partial charge is 0.465 e. The van der Waals surface area contributed by atoms with E-state index in [9.17, 15) is 9.59 Å². The molecule has 0 heterocycles. The molecule has 0 radical (unpaired) electrons. The molecule has 1 amide bonds. The van der Waals surface area contributed by atoms with Crippen LogP contribution < -0.4 is 5.32 Å². The average Bonchev–Trinajstić information content (AvgIpc) is 2.58. The Kier molecular flexibility index (Phi) is 6.54. The summed E-state index contributed by atoms with van der Waals surface area (Å²) in [5, 5.41) is 3.37. The Labute approximate surface area is 154 Å². The summed E-state index contributed by atoms with van der Waals surface area (Å²) in [5.41, 5.74) is 0.684. The molecule has 0 aliphatic carbocycles. The first-order valence-corrected chi connectivity index (χ1v) is 8.65. The Morgan fingerprint density at radius 1 is 1.12 bits per heavy atom. The van der Waals surface area contributed by atoms with Crippen molar-refractivity contribution in [3.05, 3.63) is 58.1 Å². The van der Waals surface area contributed by atoms with Gasteiger partial charge in [-0.05, 0) is 49.4 Å². The fourth-order valence-corrected chi connectivity index (χ4v) is 3.03. The highest BCUT2D eigenvalue weighted by Gasteiger charge is 2.17. The number of esters is 1. The minimum Gasteiger partial charge on any atom is -0.465 e. The van der Waals surface area contributed by atoms with Crippen molar-refractivity contribution in [1.29, 1.82) is 0 Å². The molecule has 0 aromatic heterocycles. The van der Waals surface area contributed by atoms with Gasteiger partial charge in [0.1, 0.15) is 0 Å². The lowest BCUT2D eigenvalue weighted by Gasteiger charge is -2.13. The molecule has 1 N–H and O–H groups in total. The third-order valence-electron chi connectivity index (χ3n) is 3.14. The third kappa shape index (κ3) is 4.90. The van der Waals surface area contributed by atoms with Gasteiger partial charge in [-0.2, -0.15) is 0 Å². The molecule has 0 unspecified atom stereocenters. The maximum Gasteiger partial charge on any atom is 0.337 e. The lowest BCUT2D eigenvalue weighted by molar-refractivity contribution is -0.115. The summed E-state index contributed by atoms with van der Waals surface area (Å²) >= 11 is 13.3. The van der Waals surface area contributed by atoms with Crippen molar-refractivity contribution >= 4 is 52.5 Å². The van der Waals surface area contributed by atoms with Gasteiger partial charge in [0.05, 0.1) is 28.6 Å². The van der Waals surface area contributed by atoms with Crippen LogP contribution in [0.25, 0.3) is 0 Å². The molecular weight excluding hydrogens is 369 g/mol. The topological polar surface area (TPSA) is 55.4 Å². The Bertz CT molecular complexity index is 750.